The number of hydrogen-bond acceptors (Lipinski definition) is 2. The van der Waals surface area contributed by atoms with Crippen molar-refractivity contribution in [1.29, 1.82) is 0 Å². The predicted molar refractivity (Wildman–Crippen MR) is 89.4 cm³/mol. The Hall–Kier alpha value is -0.890. The molecule has 122 valence electrons. The number of aldehydes is 1. The van der Waals surface area contributed by atoms with Crippen LogP contribution >= 0.6 is 0 Å². The minimum Gasteiger partial charge on any atom is -0.392 e. The average Bonchev–Trinajstić information content (AvgIpc) is 2.51. The highest BCUT2D eigenvalue weighted by molar-refractivity contribution is 5.61. The lowest BCUT2D eigenvalue weighted by Crippen LogP contribution is -2.57. The fourth-order valence-electron chi connectivity index (χ4n) is 5.80. The highest BCUT2D eigenvalue weighted by Crippen LogP contribution is 2.63. The summed E-state index contributed by atoms with van der Waals surface area (Å²) in [7, 11) is 0. The first-order valence-electron chi connectivity index (χ1n) is 8.79. The monoisotopic (exact) mass is 302 g/mol. The lowest BCUT2D eigenvalue weighted by molar-refractivity contribution is -0.153. The van der Waals surface area contributed by atoms with Gasteiger partial charge < -0.3 is 9.90 Å². The van der Waals surface area contributed by atoms with Crippen LogP contribution in [-0.4, -0.2) is 17.5 Å². The van der Waals surface area contributed by atoms with Crippen LogP contribution in [0.25, 0.3) is 0 Å². The van der Waals surface area contributed by atoms with Crippen LogP contribution in [0.1, 0.15) is 59.3 Å². The molecule has 0 aliphatic heterocycles. The van der Waals surface area contributed by atoms with Crippen molar-refractivity contribution >= 4 is 6.29 Å². The van der Waals surface area contributed by atoms with Gasteiger partial charge in [0, 0.05) is 5.41 Å². The fourth-order valence-corrected chi connectivity index (χ4v) is 5.80. The van der Waals surface area contributed by atoms with Crippen molar-refractivity contribution in [3.8, 4) is 0 Å². The van der Waals surface area contributed by atoms with Gasteiger partial charge in [-0.05, 0) is 55.8 Å². The molecule has 0 bridgehead atoms. The van der Waals surface area contributed by atoms with Crippen LogP contribution in [0.15, 0.2) is 24.3 Å². The Kier molecular flexibility index (Phi) is 3.67. The standard InChI is InChI=1S/C20H30O2/c1-5-18(2)10-8-15-14(12-18)6-7-16-19(15,3)11-9-17(22)20(16,4)13-21/h5,12-13,15-17,22H,1,6-11H2,2-4H3/t15-,16+,17-,18-,19?,20-/m0/s1. The first-order valence-corrected chi connectivity index (χ1v) is 8.79. The van der Waals surface area contributed by atoms with Gasteiger partial charge in [0.15, 0.2) is 0 Å². The molecule has 2 saturated carbocycles. The van der Waals surface area contributed by atoms with Gasteiger partial charge in [-0.15, -0.1) is 6.58 Å². The summed E-state index contributed by atoms with van der Waals surface area (Å²) in [6.07, 6.45) is 11.3. The number of rotatable bonds is 2. The number of aliphatic hydroxyl groups excluding tert-OH is 1. The number of aliphatic hydroxyl groups is 1. The summed E-state index contributed by atoms with van der Waals surface area (Å²) < 4.78 is 0. The molecule has 2 nitrogen and oxygen atoms in total. The van der Waals surface area contributed by atoms with E-state index in [0.29, 0.717) is 11.8 Å². The predicted octanol–water partition coefficient (Wildman–Crippen LogP) is 4.29. The molecule has 0 spiro atoms. The van der Waals surface area contributed by atoms with E-state index in [-0.39, 0.29) is 10.8 Å². The maximum atomic E-state index is 11.8. The Morgan fingerprint density at radius 3 is 2.59 bits per heavy atom. The molecule has 22 heavy (non-hydrogen) atoms. The highest BCUT2D eigenvalue weighted by Gasteiger charge is 2.58. The molecule has 0 aromatic rings. The third kappa shape index (κ3) is 2.06. The van der Waals surface area contributed by atoms with E-state index in [1.54, 1.807) is 5.57 Å². The van der Waals surface area contributed by atoms with Gasteiger partial charge in [0.2, 0.25) is 0 Å². The Morgan fingerprint density at radius 2 is 1.95 bits per heavy atom. The molecule has 0 heterocycles. The second kappa shape index (κ2) is 5.06. The molecule has 3 aliphatic rings. The SMILES string of the molecule is C=C[C@]1(C)C=C2CC[C@@H]3C(C)(CC[C@H](O)[C@@]3(C)C=O)[C@H]2CC1. The van der Waals surface area contributed by atoms with E-state index in [0.717, 1.165) is 38.4 Å². The molecule has 1 unspecified atom stereocenters. The lowest BCUT2D eigenvalue weighted by Gasteiger charge is -2.60. The van der Waals surface area contributed by atoms with Gasteiger partial charge >= 0.3 is 0 Å². The van der Waals surface area contributed by atoms with E-state index < -0.39 is 11.5 Å². The van der Waals surface area contributed by atoms with E-state index in [4.69, 9.17) is 0 Å². The van der Waals surface area contributed by atoms with E-state index in [9.17, 15) is 9.90 Å². The quantitative estimate of drug-likeness (QED) is 0.610. The number of allylic oxidation sites excluding steroid dienone is 3. The van der Waals surface area contributed by atoms with Gasteiger partial charge in [0.1, 0.15) is 6.29 Å². The van der Waals surface area contributed by atoms with Gasteiger partial charge in [-0.3, -0.25) is 0 Å². The summed E-state index contributed by atoms with van der Waals surface area (Å²) in [5, 5.41) is 10.4. The summed E-state index contributed by atoms with van der Waals surface area (Å²) in [6.45, 7) is 10.6. The Morgan fingerprint density at radius 1 is 1.23 bits per heavy atom. The zero-order valence-corrected chi connectivity index (χ0v) is 14.3. The molecule has 2 fully saturated rings. The molecular formula is C20H30O2. The van der Waals surface area contributed by atoms with Crippen molar-refractivity contribution in [3.05, 3.63) is 24.3 Å². The van der Waals surface area contributed by atoms with Crippen LogP contribution in [0.2, 0.25) is 0 Å². The third-order valence-corrected chi connectivity index (χ3v) is 7.39. The second-order valence-electron chi connectivity index (χ2n) is 8.66. The van der Waals surface area contributed by atoms with E-state index >= 15 is 0 Å². The van der Waals surface area contributed by atoms with Crippen LogP contribution < -0.4 is 0 Å². The molecule has 0 saturated heterocycles. The Balaban J connectivity index is 2.00. The number of carbonyl (C=O) groups excluding carboxylic acids is 1. The zero-order chi connectivity index (χ0) is 16.2. The molecule has 0 amide bonds. The molecule has 2 heteroatoms. The first-order chi connectivity index (χ1) is 10.3. The first kappa shape index (κ1) is 16.0. The van der Waals surface area contributed by atoms with Crippen LogP contribution in [0.3, 0.4) is 0 Å². The van der Waals surface area contributed by atoms with Gasteiger partial charge in [0.25, 0.3) is 0 Å². The largest absolute Gasteiger partial charge is 0.392 e. The van der Waals surface area contributed by atoms with Crippen molar-refractivity contribution in [2.45, 2.75) is 65.4 Å². The van der Waals surface area contributed by atoms with Crippen molar-refractivity contribution < 1.29 is 9.90 Å². The molecule has 0 aromatic carbocycles. The minimum absolute atomic E-state index is 0.136. The maximum Gasteiger partial charge on any atom is 0.128 e. The van der Waals surface area contributed by atoms with Crippen LogP contribution in [0.4, 0.5) is 0 Å². The lowest BCUT2D eigenvalue weighted by atomic mass is 9.45. The average molecular weight is 302 g/mol. The smallest absolute Gasteiger partial charge is 0.128 e. The van der Waals surface area contributed by atoms with E-state index in [2.05, 4.69) is 32.6 Å². The molecule has 0 radical (unpaired) electrons. The summed E-state index contributed by atoms with van der Waals surface area (Å²) in [5.74, 6) is 0.877. The minimum atomic E-state index is -0.572. The van der Waals surface area contributed by atoms with Gasteiger partial charge in [-0.2, -0.15) is 0 Å². The Labute approximate surface area is 134 Å². The summed E-state index contributed by atoms with van der Waals surface area (Å²) >= 11 is 0. The number of carbonyl (C=O) groups is 1. The van der Waals surface area contributed by atoms with Crippen LogP contribution in [0, 0.1) is 28.1 Å². The molecule has 1 N–H and O–H groups in total. The topological polar surface area (TPSA) is 37.3 Å². The van der Waals surface area contributed by atoms with Crippen molar-refractivity contribution in [3.63, 3.8) is 0 Å². The second-order valence-corrected chi connectivity index (χ2v) is 8.66. The third-order valence-electron chi connectivity index (χ3n) is 7.39. The zero-order valence-electron chi connectivity index (χ0n) is 14.3. The van der Waals surface area contributed by atoms with Crippen LogP contribution in [0.5, 0.6) is 0 Å². The van der Waals surface area contributed by atoms with E-state index in [1.165, 1.54) is 6.42 Å². The van der Waals surface area contributed by atoms with Crippen molar-refractivity contribution in [2.75, 3.05) is 0 Å². The van der Waals surface area contributed by atoms with Gasteiger partial charge in [-0.25, -0.2) is 0 Å². The maximum absolute atomic E-state index is 11.8. The van der Waals surface area contributed by atoms with Gasteiger partial charge in [0.05, 0.1) is 11.5 Å². The molecule has 3 aliphatic carbocycles. The van der Waals surface area contributed by atoms with Crippen molar-refractivity contribution in [1.82, 2.24) is 0 Å². The summed E-state index contributed by atoms with van der Waals surface area (Å²) in [5.41, 5.74) is 1.30. The number of fused-ring (bicyclic) bond motifs is 3. The molecular weight excluding hydrogens is 272 g/mol. The fraction of sp³-hybridized carbons (Fsp3) is 0.750. The molecule has 3 rings (SSSR count). The number of hydrogen-bond donors (Lipinski definition) is 1. The Bertz CT molecular complexity index is 522. The normalized spacial score (nSPS) is 51.3. The van der Waals surface area contributed by atoms with Crippen molar-refractivity contribution in [2.24, 2.45) is 28.1 Å². The molecule has 0 aromatic heterocycles. The molecule has 6 atom stereocenters. The van der Waals surface area contributed by atoms with Gasteiger partial charge in [-0.1, -0.05) is 38.5 Å². The highest BCUT2D eigenvalue weighted by atomic mass is 16.3. The van der Waals surface area contributed by atoms with E-state index in [1.807, 2.05) is 6.92 Å². The van der Waals surface area contributed by atoms with Crippen LogP contribution in [-0.2, 0) is 4.79 Å². The summed E-state index contributed by atoms with van der Waals surface area (Å²) in [4.78, 5) is 11.8. The summed E-state index contributed by atoms with van der Waals surface area (Å²) in [6, 6.07) is 0.